The molecule has 1 aliphatic heterocycles. The smallest absolute Gasteiger partial charge is 0.223 e. The summed E-state index contributed by atoms with van der Waals surface area (Å²) in [7, 11) is 1.64. The quantitative estimate of drug-likeness (QED) is 0.826. The van der Waals surface area contributed by atoms with Crippen LogP contribution in [-0.2, 0) is 11.2 Å². The number of amides is 1. The van der Waals surface area contributed by atoms with Crippen molar-refractivity contribution in [2.24, 2.45) is 0 Å². The third kappa shape index (κ3) is 3.58. The fraction of sp³-hybridized carbons (Fsp3) is 0.350. The molecule has 3 rings (SSSR count). The molecule has 126 valence electrons. The van der Waals surface area contributed by atoms with Gasteiger partial charge in [-0.2, -0.15) is 0 Å². The molecule has 2 aromatic carbocycles. The lowest BCUT2D eigenvalue weighted by Gasteiger charge is -2.25. The summed E-state index contributed by atoms with van der Waals surface area (Å²) < 4.78 is 19.0. The van der Waals surface area contributed by atoms with E-state index < -0.39 is 0 Å². The molecule has 4 heteroatoms. The molecule has 1 atom stereocenters. The molecule has 1 heterocycles. The second-order valence-corrected chi connectivity index (χ2v) is 6.11. The third-order valence-electron chi connectivity index (χ3n) is 4.62. The van der Waals surface area contributed by atoms with Crippen LogP contribution < -0.4 is 4.74 Å². The minimum atomic E-state index is -0.240. The number of likely N-dealkylation sites (tertiary alicyclic amines) is 1. The van der Waals surface area contributed by atoms with Gasteiger partial charge in [-0.15, -0.1) is 0 Å². The van der Waals surface area contributed by atoms with Crippen LogP contribution in [0.4, 0.5) is 4.39 Å². The lowest BCUT2D eigenvalue weighted by Crippen LogP contribution is -2.30. The van der Waals surface area contributed by atoms with Crippen molar-refractivity contribution in [3.8, 4) is 5.75 Å². The Bertz CT molecular complexity index is 716. The summed E-state index contributed by atoms with van der Waals surface area (Å²) in [4.78, 5) is 14.6. The van der Waals surface area contributed by atoms with Gasteiger partial charge in [0.1, 0.15) is 11.6 Å². The average Bonchev–Trinajstić information content (AvgIpc) is 3.11. The van der Waals surface area contributed by atoms with E-state index >= 15 is 0 Å². The van der Waals surface area contributed by atoms with Gasteiger partial charge in [-0.1, -0.05) is 30.3 Å². The molecule has 0 spiro atoms. The molecule has 0 bridgehead atoms. The maximum absolute atomic E-state index is 13.7. The number of benzene rings is 2. The van der Waals surface area contributed by atoms with Gasteiger partial charge in [0.05, 0.1) is 13.2 Å². The van der Waals surface area contributed by atoms with Crippen LogP contribution in [0.5, 0.6) is 5.75 Å². The Morgan fingerprint density at radius 1 is 1.25 bits per heavy atom. The topological polar surface area (TPSA) is 29.5 Å². The number of carbonyl (C=O) groups excluding carboxylic acids is 1. The lowest BCUT2D eigenvalue weighted by molar-refractivity contribution is -0.132. The van der Waals surface area contributed by atoms with E-state index in [2.05, 4.69) is 0 Å². The number of aryl methyl sites for hydroxylation is 1. The molecule has 1 aliphatic rings. The monoisotopic (exact) mass is 327 g/mol. The molecular formula is C20H22FNO2. The summed E-state index contributed by atoms with van der Waals surface area (Å²) in [5, 5.41) is 0. The minimum Gasteiger partial charge on any atom is -0.497 e. The van der Waals surface area contributed by atoms with Crippen molar-refractivity contribution in [1.82, 2.24) is 4.90 Å². The zero-order valence-electron chi connectivity index (χ0n) is 13.9. The first-order chi connectivity index (χ1) is 11.7. The van der Waals surface area contributed by atoms with Crippen molar-refractivity contribution in [3.05, 3.63) is 65.5 Å². The van der Waals surface area contributed by atoms with E-state index in [-0.39, 0.29) is 17.8 Å². The van der Waals surface area contributed by atoms with Gasteiger partial charge < -0.3 is 9.64 Å². The lowest BCUT2D eigenvalue weighted by atomic mass is 10.0. The predicted molar refractivity (Wildman–Crippen MR) is 91.4 cm³/mol. The molecular weight excluding hydrogens is 305 g/mol. The van der Waals surface area contributed by atoms with Crippen LogP contribution >= 0.6 is 0 Å². The van der Waals surface area contributed by atoms with Crippen LogP contribution in [0, 0.1) is 5.82 Å². The molecule has 0 saturated carbocycles. The molecule has 24 heavy (non-hydrogen) atoms. The Labute approximate surface area is 142 Å². The van der Waals surface area contributed by atoms with Crippen LogP contribution in [0.3, 0.4) is 0 Å². The van der Waals surface area contributed by atoms with Crippen molar-refractivity contribution in [2.75, 3.05) is 13.7 Å². The molecule has 1 amide bonds. The molecule has 1 fully saturated rings. The van der Waals surface area contributed by atoms with Crippen molar-refractivity contribution < 1.29 is 13.9 Å². The second kappa shape index (κ2) is 7.47. The Morgan fingerprint density at radius 3 is 2.88 bits per heavy atom. The number of hydrogen-bond acceptors (Lipinski definition) is 2. The summed E-state index contributed by atoms with van der Waals surface area (Å²) in [6.07, 6.45) is 2.72. The van der Waals surface area contributed by atoms with E-state index in [0.717, 1.165) is 30.7 Å². The molecule has 0 radical (unpaired) electrons. The standard InChI is InChI=1S/C20H22FNO2/c1-24-17-8-4-7-16(14-17)19-10-5-13-22(19)20(23)12-11-15-6-2-3-9-18(15)21/h2-4,6-9,14,19H,5,10-13H2,1H3. The third-order valence-corrected chi connectivity index (χ3v) is 4.62. The zero-order chi connectivity index (χ0) is 16.9. The van der Waals surface area contributed by atoms with E-state index in [1.165, 1.54) is 6.07 Å². The van der Waals surface area contributed by atoms with Crippen LogP contribution in [-0.4, -0.2) is 24.5 Å². The van der Waals surface area contributed by atoms with Gasteiger partial charge in [-0.05, 0) is 48.6 Å². The molecule has 0 aliphatic carbocycles. The second-order valence-electron chi connectivity index (χ2n) is 6.11. The Morgan fingerprint density at radius 2 is 2.08 bits per heavy atom. The van der Waals surface area contributed by atoms with E-state index in [9.17, 15) is 9.18 Å². The van der Waals surface area contributed by atoms with Gasteiger partial charge >= 0.3 is 0 Å². The van der Waals surface area contributed by atoms with Gasteiger partial charge in [0.15, 0.2) is 0 Å². The van der Waals surface area contributed by atoms with Gasteiger partial charge in [-0.3, -0.25) is 4.79 Å². The molecule has 1 unspecified atom stereocenters. The number of hydrogen-bond donors (Lipinski definition) is 0. The van der Waals surface area contributed by atoms with Crippen molar-refractivity contribution in [2.45, 2.75) is 31.7 Å². The number of methoxy groups -OCH3 is 1. The highest BCUT2D eigenvalue weighted by atomic mass is 19.1. The van der Waals surface area contributed by atoms with Gasteiger partial charge in [0, 0.05) is 13.0 Å². The summed E-state index contributed by atoms with van der Waals surface area (Å²) >= 11 is 0. The van der Waals surface area contributed by atoms with E-state index in [4.69, 9.17) is 4.74 Å². The van der Waals surface area contributed by atoms with Gasteiger partial charge in [-0.25, -0.2) is 4.39 Å². The van der Waals surface area contributed by atoms with Crippen LogP contribution in [0.2, 0.25) is 0 Å². The Balaban J connectivity index is 1.68. The molecule has 3 nitrogen and oxygen atoms in total. The highest BCUT2D eigenvalue weighted by Gasteiger charge is 2.29. The average molecular weight is 327 g/mol. The van der Waals surface area contributed by atoms with Crippen molar-refractivity contribution >= 4 is 5.91 Å². The number of ether oxygens (including phenoxy) is 1. The molecule has 1 saturated heterocycles. The largest absolute Gasteiger partial charge is 0.497 e. The van der Waals surface area contributed by atoms with E-state index in [1.54, 1.807) is 25.3 Å². The molecule has 2 aromatic rings. The summed E-state index contributed by atoms with van der Waals surface area (Å²) in [5.74, 6) is 0.651. The fourth-order valence-electron chi connectivity index (χ4n) is 3.35. The summed E-state index contributed by atoms with van der Waals surface area (Å²) in [6.45, 7) is 0.762. The van der Waals surface area contributed by atoms with Crippen molar-refractivity contribution in [1.29, 1.82) is 0 Å². The maximum atomic E-state index is 13.7. The Hall–Kier alpha value is -2.36. The highest BCUT2D eigenvalue weighted by Crippen LogP contribution is 2.34. The predicted octanol–water partition coefficient (Wildman–Crippen LogP) is 4.13. The number of halogens is 1. The molecule has 0 N–H and O–H groups in total. The normalized spacial score (nSPS) is 17.1. The highest BCUT2D eigenvalue weighted by molar-refractivity contribution is 5.77. The first kappa shape index (κ1) is 16.5. The van der Waals surface area contributed by atoms with Crippen LogP contribution in [0.15, 0.2) is 48.5 Å². The van der Waals surface area contributed by atoms with E-state index in [1.807, 2.05) is 29.2 Å². The summed E-state index contributed by atoms with van der Waals surface area (Å²) in [6, 6.07) is 14.6. The van der Waals surface area contributed by atoms with Gasteiger partial charge in [0.25, 0.3) is 0 Å². The number of carbonyl (C=O) groups is 1. The van der Waals surface area contributed by atoms with Crippen LogP contribution in [0.1, 0.15) is 36.4 Å². The van der Waals surface area contributed by atoms with E-state index in [0.29, 0.717) is 18.4 Å². The molecule has 0 aromatic heterocycles. The zero-order valence-corrected chi connectivity index (χ0v) is 13.9. The van der Waals surface area contributed by atoms with Gasteiger partial charge in [0.2, 0.25) is 5.91 Å². The maximum Gasteiger partial charge on any atom is 0.223 e. The SMILES string of the molecule is COc1cccc(C2CCCN2C(=O)CCc2ccccc2F)c1. The van der Waals surface area contributed by atoms with Crippen molar-refractivity contribution in [3.63, 3.8) is 0 Å². The summed E-state index contributed by atoms with van der Waals surface area (Å²) in [5.41, 5.74) is 1.70. The number of nitrogens with zero attached hydrogens (tertiary/aromatic N) is 1. The number of rotatable bonds is 5. The minimum absolute atomic E-state index is 0.0866. The Kier molecular flexibility index (Phi) is 5.14. The first-order valence-electron chi connectivity index (χ1n) is 8.36. The first-order valence-corrected chi connectivity index (χ1v) is 8.36. The van der Waals surface area contributed by atoms with Crippen LogP contribution in [0.25, 0.3) is 0 Å². The fourth-order valence-corrected chi connectivity index (χ4v) is 3.35.